The second kappa shape index (κ2) is 4.52. The van der Waals surface area contributed by atoms with Crippen molar-refractivity contribution in [2.75, 3.05) is 0 Å². The third-order valence-electron chi connectivity index (χ3n) is 3.09. The van der Waals surface area contributed by atoms with Crippen molar-refractivity contribution in [2.24, 2.45) is 5.73 Å². The fraction of sp³-hybridized carbons (Fsp3) is 0.0667. The van der Waals surface area contributed by atoms with Crippen LogP contribution in [-0.2, 0) is 0 Å². The number of hydrogen-bond donors (Lipinski definition) is 1. The van der Waals surface area contributed by atoms with E-state index < -0.39 is 6.04 Å². The number of nitrogens with two attached hydrogens (primary N) is 1. The summed E-state index contributed by atoms with van der Waals surface area (Å²) >= 11 is 1.64. The molecule has 0 radical (unpaired) electrons. The first-order chi connectivity index (χ1) is 8.77. The molecule has 0 aliphatic heterocycles. The lowest BCUT2D eigenvalue weighted by atomic mass is 9.99. The highest BCUT2D eigenvalue weighted by atomic mass is 32.1. The van der Waals surface area contributed by atoms with Gasteiger partial charge < -0.3 is 5.73 Å². The second-order valence-corrected chi connectivity index (χ2v) is 5.10. The van der Waals surface area contributed by atoms with Crippen molar-refractivity contribution in [3.63, 3.8) is 0 Å². The van der Waals surface area contributed by atoms with Crippen LogP contribution in [0.15, 0.2) is 53.9 Å². The first-order valence-corrected chi connectivity index (χ1v) is 6.61. The van der Waals surface area contributed by atoms with Crippen LogP contribution in [0.25, 0.3) is 10.1 Å². The normalized spacial score (nSPS) is 12.8. The second-order valence-electron chi connectivity index (χ2n) is 4.19. The van der Waals surface area contributed by atoms with Crippen LogP contribution in [0, 0.1) is 5.82 Å². The Balaban J connectivity index is 2.13. The lowest BCUT2D eigenvalue weighted by molar-refractivity contribution is 0.600. The number of fused-ring (bicyclic) bond motifs is 1. The third-order valence-corrected chi connectivity index (χ3v) is 4.07. The summed E-state index contributed by atoms with van der Waals surface area (Å²) in [6, 6.07) is 14.3. The molecular formula is C15H12FNS. The van der Waals surface area contributed by atoms with Crippen molar-refractivity contribution in [1.29, 1.82) is 0 Å². The molecule has 3 heteroatoms. The van der Waals surface area contributed by atoms with Gasteiger partial charge in [-0.25, -0.2) is 4.39 Å². The Kier molecular flexibility index (Phi) is 2.86. The fourth-order valence-corrected chi connectivity index (χ4v) is 3.13. The molecule has 90 valence electrons. The smallest absolute Gasteiger partial charge is 0.128 e. The Morgan fingerprint density at radius 2 is 1.67 bits per heavy atom. The van der Waals surface area contributed by atoms with Crippen LogP contribution in [-0.4, -0.2) is 0 Å². The molecule has 2 aromatic carbocycles. The zero-order chi connectivity index (χ0) is 12.5. The minimum atomic E-state index is -0.414. The van der Waals surface area contributed by atoms with Crippen LogP contribution in [0.4, 0.5) is 4.39 Å². The predicted octanol–water partition coefficient (Wildman–Crippen LogP) is 4.09. The van der Waals surface area contributed by atoms with Crippen LogP contribution in [0.1, 0.15) is 17.2 Å². The van der Waals surface area contributed by atoms with Gasteiger partial charge in [-0.3, -0.25) is 0 Å². The standard InChI is InChI=1S/C15H12FNS/c16-13-7-3-1-6-11(13)15(17)12-9-18-14-8-4-2-5-10(12)14/h1-9,15H,17H2. The van der Waals surface area contributed by atoms with Crippen molar-refractivity contribution >= 4 is 21.4 Å². The minimum absolute atomic E-state index is 0.250. The van der Waals surface area contributed by atoms with E-state index in [9.17, 15) is 4.39 Å². The third kappa shape index (κ3) is 1.82. The number of benzene rings is 2. The summed E-state index contributed by atoms with van der Waals surface area (Å²) in [6.45, 7) is 0. The van der Waals surface area contributed by atoms with Gasteiger partial charge in [0.15, 0.2) is 0 Å². The highest BCUT2D eigenvalue weighted by Crippen LogP contribution is 2.32. The van der Waals surface area contributed by atoms with Gasteiger partial charge in [0, 0.05) is 10.3 Å². The van der Waals surface area contributed by atoms with Crippen LogP contribution in [0.3, 0.4) is 0 Å². The topological polar surface area (TPSA) is 26.0 Å². The Morgan fingerprint density at radius 3 is 2.50 bits per heavy atom. The Bertz CT molecular complexity index is 690. The number of hydrogen-bond acceptors (Lipinski definition) is 2. The van der Waals surface area contributed by atoms with Gasteiger partial charge in [0.05, 0.1) is 6.04 Å². The molecule has 0 saturated heterocycles. The van der Waals surface area contributed by atoms with Gasteiger partial charge in [0.2, 0.25) is 0 Å². The molecule has 3 aromatic rings. The van der Waals surface area contributed by atoms with E-state index in [-0.39, 0.29) is 5.82 Å². The van der Waals surface area contributed by atoms with Gasteiger partial charge in [-0.05, 0) is 28.5 Å². The van der Waals surface area contributed by atoms with Gasteiger partial charge in [0.1, 0.15) is 5.82 Å². The van der Waals surface area contributed by atoms with E-state index in [1.54, 1.807) is 23.5 Å². The summed E-state index contributed by atoms with van der Waals surface area (Å²) in [5.41, 5.74) is 7.72. The van der Waals surface area contributed by atoms with E-state index >= 15 is 0 Å². The molecule has 1 heterocycles. The van der Waals surface area contributed by atoms with Crippen molar-refractivity contribution in [1.82, 2.24) is 0 Å². The van der Waals surface area contributed by atoms with Crippen molar-refractivity contribution in [2.45, 2.75) is 6.04 Å². The maximum atomic E-state index is 13.8. The monoisotopic (exact) mass is 257 g/mol. The molecule has 1 nitrogen and oxygen atoms in total. The van der Waals surface area contributed by atoms with Gasteiger partial charge in [-0.15, -0.1) is 11.3 Å². The lowest BCUT2D eigenvalue weighted by Gasteiger charge is -2.12. The molecule has 3 rings (SSSR count). The zero-order valence-corrected chi connectivity index (χ0v) is 10.5. The van der Waals surface area contributed by atoms with E-state index in [0.717, 1.165) is 10.9 Å². The highest BCUT2D eigenvalue weighted by molar-refractivity contribution is 7.17. The van der Waals surface area contributed by atoms with Gasteiger partial charge >= 0.3 is 0 Å². The van der Waals surface area contributed by atoms with Gasteiger partial charge in [0.25, 0.3) is 0 Å². The maximum absolute atomic E-state index is 13.8. The molecule has 0 bridgehead atoms. The maximum Gasteiger partial charge on any atom is 0.128 e. The quantitative estimate of drug-likeness (QED) is 0.735. The summed E-state index contributed by atoms with van der Waals surface area (Å²) in [5, 5.41) is 3.13. The Labute approximate surface area is 109 Å². The highest BCUT2D eigenvalue weighted by Gasteiger charge is 2.16. The zero-order valence-electron chi connectivity index (χ0n) is 9.64. The lowest BCUT2D eigenvalue weighted by Crippen LogP contribution is -2.12. The molecule has 0 amide bonds. The molecule has 0 aliphatic rings. The fourth-order valence-electron chi connectivity index (χ4n) is 2.13. The van der Waals surface area contributed by atoms with Crippen LogP contribution >= 0.6 is 11.3 Å². The average molecular weight is 257 g/mol. The first kappa shape index (κ1) is 11.4. The van der Waals surface area contributed by atoms with E-state index in [4.69, 9.17) is 5.73 Å². The Hall–Kier alpha value is -1.71. The van der Waals surface area contributed by atoms with Gasteiger partial charge in [-0.1, -0.05) is 36.4 Å². The molecule has 0 spiro atoms. The molecule has 0 saturated carbocycles. The SMILES string of the molecule is NC(c1ccccc1F)c1csc2ccccc12. The first-order valence-electron chi connectivity index (χ1n) is 5.73. The molecule has 2 N–H and O–H groups in total. The van der Waals surface area contributed by atoms with Gasteiger partial charge in [-0.2, -0.15) is 0 Å². The molecular weight excluding hydrogens is 245 g/mol. The van der Waals surface area contributed by atoms with Crippen LogP contribution in [0.2, 0.25) is 0 Å². The van der Waals surface area contributed by atoms with Crippen LogP contribution < -0.4 is 5.73 Å². The molecule has 0 fully saturated rings. The van der Waals surface area contributed by atoms with E-state index in [0.29, 0.717) is 5.56 Å². The van der Waals surface area contributed by atoms with Crippen molar-refractivity contribution in [3.8, 4) is 0 Å². The van der Waals surface area contributed by atoms with Crippen LogP contribution in [0.5, 0.6) is 0 Å². The molecule has 0 aliphatic carbocycles. The molecule has 18 heavy (non-hydrogen) atoms. The van der Waals surface area contributed by atoms with E-state index in [1.807, 2.05) is 29.6 Å². The molecule has 1 atom stereocenters. The summed E-state index contributed by atoms with van der Waals surface area (Å²) in [5.74, 6) is -0.250. The summed E-state index contributed by atoms with van der Waals surface area (Å²) in [4.78, 5) is 0. The molecule has 1 unspecified atom stereocenters. The predicted molar refractivity (Wildman–Crippen MR) is 74.3 cm³/mol. The molecule has 1 aromatic heterocycles. The average Bonchev–Trinajstić information content (AvgIpc) is 2.82. The van der Waals surface area contributed by atoms with E-state index in [1.165, 1.54) is 10.8 Å². The van der Waals surface area contributed by atoms with Crippen molar-refractivity contribution < 1.29 is 4.39 Å². The summed E-state index contributed by atoms with van der Waals surface area (Å²) in [7, 11) is 0. The number of thiophene rings is 1. The summed E-state index contributed by atoms with van der Waals surface area (Å²) < 4.78 is 14.9. The minimum Gasteiger partial charge on any atom is -0.320 e. The van der Waals surface area contributed by atoms with Crippen molar-refractivity contribution in [3.05, 3.63) is 70.9 Å². The largest absolute Gasteiger partial charge is 0.320 e. The number of halogens is 1. The Morgan fingerprint density at radius 1 is 0.944 bits per heavy atom. The van der Waals surface area contributed by atoms with E-state index in [2.05, 4.69) is 6.07 Å². The summed E-state index contributed by atoms with van der Waals surface area (Å²) in [6.07, 6.45) is 0. The number of rotatable bonds is 2.